The fourth-order valence-electron chi connectivity index (χ4n) is 1.81. The van der Waals surface area contributed by atoms with E-state index in [0.717, 1.165) is 12.1 Å². The highest BCUT2D eigenvalue weighted by molar-refractivity contribution is 7.92. The molecule has 0 aliphatic rings. The Bertz CT molecular complexity index is 777. The Labute approximate surface area is 121 Å². The Hall–Kier alpha value is -1.99. The smallest absolute Gasteiger partial charge is 0.264 e. The summed E-state index contributed by atoms with van der Waals surface area (Å²) in [6.45, 7) is 1.54. The number of hydrogen-bond acceptors (Lipinski definition) is 3. The molecule has 0 atom stereocenters. The number of nitrogens with one attached hydrogen (secondary N) is 1. The molecule has 0 fully saturated rings. The predicted molar refractivity (Wildman–Crippen MR) is 76.2 cm³/mol. The zero-order valence-electron chi connectivity index (χ0n) is 11.2. The maximum absolute atomic E-state index is 13.9. The van der Waals surface area contributed by atoms with E-state index in [4.69, 9.17) is 5.73 Å². The molecule has 0 aromatic heterocycles. The van der Waals surface area contributed by atoms with Gasteiger partial charge in [0.15, 0.2) is 0 Å². The van der Waals surface area contributed by atoms with Gasteiger partial charge in [-0.1, -0.05) is 12.1 Å². The van der Waals surface area contributed by atoms with Crippen LogP contribution in [0, 0.1) is 18.6 Å². The fourth-order valence-corrected chi connectivity index (χ4v) is 2.99. The lowest BCUT2D eigenvalue weighted by molar-refractivity contribution is 0.569. The van der Waals surface area contributed by atoms with E-state index >= 15 is 0 Å². The third kappa shape index (κ3) is 3.20. The van der Waals surface area contributed by atoms with Crippen molar-refractivity contribution in [2.24, 2.45) is 5.73 Å². The van der Waals surface area contributed by atoms with Crippen molar-refractivity contribution in [2.45, 2.75) is 18.4 Å². The van der Waals surface area contributed by atoms with Crippen molar-refractivity contribution in [1.29, 1.82) is 0 Å². The maximum Gasteiger partial charge on any atom is 0.264 e. The Morgan fingerprint density at radius 2 is 1.86 bits per heavy atom. The Morgan fingerprint density at radius 1 is 1.14 bits per heavy atom. The molecule has 0 bridgehead atoms. The van der Waals surface area contributed by atoms with Crippen molar-refractivity contribution in [3.05, 3.63) is 59.2 Å². The van der Waals surface area contributed by atoms with E-state index in [9.17, 15) is 17.2 Å². The summed E-state index contributed by atoms with van der Waals surface area (Å²) in [6, 6.07) is 7.61. The monoisotopic (exact) mass is 312 g/mol. The van der Waals surface area contributed by atoms with Crippen molar-refractivity contribution in [3.63, 3.8) is 0 Å². The van der Waals surface area contributed by atoms with Crippen LogP contribution in [-0.4, -0.2) is 8.42 Å². The van der Waals surface area contributed by atoms with Gasteiger partial charge in [-0.05, 0) is 36.8 Å². The van der Waals surface area contributed by atoms with Crippen molar-refractivity contribution in [1.82, 2.24) is 0 Å². The average molecular weight is 312 g/mol. The van der Waals surface area contributed by atoms with Gasteiger partial charge in [-0.15, -0.1) is 0 Å². The lowest BCUT2D eigenvalue weighted by Gasteiger charge is -2.12. The van der Waals surface area contributed by atoms with E-state index < -0.39 is 26.6 Å². The highest BCUT2D eigenvalue weighted by Crippen LogP contribution is 2.23. The summed E-state index contributed by atoms with van der Waals surface area (Å²) >= 11 is 0. The molecule has 0 unspecified atom stereocenters. The second-order valence-corrected chi connectivity index (χ2v) is 6.14. The number of benzene rings is 2. The number of anilines is 1. The van der Waals surface area contributed by atoms with Gasteiger partial charge in [-0.3, -0.25) is 4.72 Å². The van der Waals surface area contributed by atoms with Gasteiger partial charge in [0.25, 0.3) is 10.0 Å². The van der Waals surface area contributed by atoms with Crippen molar-refractivity contribution >= 4 is 15.7 Å². The van der Waals surface area contributed by atoms with Crippen LogP contribution in [0.1, 0.15) is 11.1 Å². The molecule has 0 saturated carbocycles. The number of hydrogen-bond donors (Lipinski definition) is 2. The first-order valence-corrected chi connectivity index (χ1v) is 7.60. The molecule has 0 amide bonds. The van der Waals surface area contributed by atoms with Crippen molar-refractivity contribution in [3.8, 4) is 0 Å². The number of nitrogens with two attached hydrogens (primary N) is 1. The standard InChI is InChI=1S/C14H14F2N2O2S/c1-9-11(15)3-2-4-13(9)18-21(19,20)14-6-5-10(8-17)7-12(14)16/h2-7,18H,8,17H2,1H3. The van der Waals surface area contributed by atoms with Crippen LogP contribution >= 0.6 is 0 Å². The van der Waals surface area contributed by atoms with Gasteiger partial charge in [0.1, 0.15) is 16.5 Å². The molecule has 4 nitrogen and oxygen atoms in total. The lowest BCUT2D eigenvalue weighted by atomic mass is 10.2. The molecule has 112 valence electrons. The number of halogens is 2. The van der Waals surface area contributed by atoms with Crippen molar-refractivity contribution in [2.75, 3.05) is 4.72 Å². The molecule has 2 aromatic carbocycles. The summed E-state index contributed by atoms with van der Waals surface area (Å²) in [5.41, 5.74) is 6.05. The first kappa shape index (κ1) is 15.4. The fraction of sp³-hybridized carbons (Fsp3) is 0.143. The summed E-state index contributed by atoms with van der Waals surface area (Å²) in [7, 11) is -4.14. The Balaban J connectivity index is 2.41. The number of sulfonamides is 1. The summed E-state index contributed by atoms with van der Waals surface area (Å²) < 4.78 is 53.8. The maximum atomic E-state index is 13.9. The summed E-state index contributed by atoms with van der Waals surface area (Å²) in [4.78, 5) is -0.511. The highest BCUT2D eigenvalue weighted by Gasteiger charge is 2.20. The van der Waals surface area contributed by atoms with E-state index in [2.05, 4.69) is 4.72 Å². The molecule has 7 heteroatoms. The molecule has 0 aliphatic heterocycles. The van der Waals surface area contributed by atoms with Gasteiger partial charge in [0.05, 0.1) is 5.69 Å². The first-order valence-electron chi connectivity index (χ1n) is 6.11. The quantitative estimate of drug-likeness (QED) is 0.911. The minimum absolute atomic E-state index is 0.0669. The van der Waals surface area contributed by atoms with Crippen LogP contribution < -0.4 is 10.5 Å². The van der Waals surface area contributed by atoms with Gasteiger partial charge in [0, 0.05) is 12.1 Å². The van der Waals surface area contributed by atoms with E-state index in [-0.39, 0.29) is 17.8 Å². The molecule has 21 heavy (non-hydrogen) atoms. The zero-order chi connectivity index (χ0) is 15.6. The van der Waals surface area contributed by atoms with Gasteiger partial charge in [-0.2, -0.15) is 0 Å². The minimum Gasteiger partial charge on any atom is -0.326 e. The van der Waals surface area contributed by atoms with Gasteiger partial charge in [0.2, 0.25) is 0 Å². The summed E-state index contributed by atoms with van der Waals surface area (Å²) in [5, 5.41) is 0. The molecular weight excluding hydrogens is 298 g/mol. The van der Waals surface area contributed by atoms with Crippen LogP contribution in [0.3, 0.4) is 0 Å². The molecule has 0 heterocycles. The molecule has 0 aliphatic carbocycles. The van der Waals surface area contributed by atoms with E-state index in [0.29, 0.717) is 5.56 Å². The number of rotatable bonds is 4. The van der Waals surface area contributed by atoms with Gasteiger partial charge >= 0.3 is 0 Å². The van der Waals surface area contributed by atoms with E-state index in [1.807, 2.05) is 0 Å². The van der Waals surface area contributed by atoms with Crippen molar-refractivity contribution < 1.29 is 17.2 Å². The third-order valence-electron chi connectivity index (χ3n) is 3.03. The molecule has 3 N–H and O–H groups in total. The van der Waals surface area contributed by atoms with Crippen LogP contribution in [0.2, 0.25) is 0 Å². The Kier molecular flexibility index (Phi) is 4.24. The molecule has 2 aromatic rings. The van der Waals surface area contributed by atoms with E-state index in [1.165, 1.54) is 31.2 Å². The van der Waals surface area contributed by atoms with Gasteiger partial charge < -0.3 is 5.73 Å². The van der Waals surface area contributed by atoms with Gasteiger partial charge in [-0.25, -0.2) is 17.2 Å². The SMILES string of the molecule is Cc1c(F)cccc1NS(=O)(=O)c1ccc(CN)cc1F. The van der Waals surface area contributed by atoms with Crippen LogP contribution in [0.5, 0.6) is 0 Å². The summed E-state index contributed by atoms with van der Waals surface area (Å²) in [5.74, 6) is -1.45. The molecule has 0 radical (unpaired) electrons. The van der Waals surface area contributed by atoms with E-state index in [1.54, 1.807) is 0 Å². The topological polar surface area (TPSA) is 72.2 Å². The molecule has 0 saturated heterocycles. The molecule has 2 rings (SSSR count). The van der Waals surface area contributed by atoms with Crippen LogP contribution in [0.25, 0.3) is 0 Å². The second kappa shape index (κ2) is 5.79. The second-order valence-electron chi connectivity index (χ2n) is 4.49. The average Bonchev–Trinajstić information content (AvgIpc) is 2.43. The normalized spacial score (nSPS) is 11.4. The first-order chi connectivity index (χ1) is 9.85. The minimum atomic E-state index is -4.14. The zero-order valence-corrected chi connectivity index (χ0v) is 12.0. The summed E-state index contributed by atoms with van der Waals surface area (Å²) in [6.07, 6.45) is 0. The molecular formula is C14H14F2N2O2S. The lowest BCUT2D eigenvalue weighted by Crippen LogP contribution is -2.16. The third-order valence-corrected chi connectivity index (χ3v) is 4.43. The predicted octanol–water partition coefficient (Wildman–Crippen LogP) is 2.53. The van der Waals surface area contributed by atoms with Crippen LogP contribution in [0.4, 0.5) is 14.5 Å². The largest absolute Gasteiger partial charge is 0.326 e. The van der Waals surface area contributed by atoms with Crippen LogP contribution in [-0.2, 0) is 16.6 Å². The highest BCUT2D eigenvalue weighted by atomic mass is 32.2. The van der Waals surface area contributed by atoms with Crippen LogP contribution in [0.15, 0.2) is 41.3 Å². The Morgan fingerprint density at radius 3 is 2.48 bits per heavy atom. The molecule has 0 spiro atoms.